The topological polar surface area (TPSA) is 76.4 Å². The van der Waals surface area contributed by atoms with Gasteiger partial charge >= 0.3 is 0 Å². The van der Waals surface area contributed by atoms with Crippen molar-refractivity contribution in [2.45, 2.75) is 103 Å². The van der Waals surface area contributed by atoms with Gasteiger partial charge in [0, 0.05) is 54.0 Å². The van der Waals surface area contributed by atoms with Crippen LogP contribution in [0, 0.1) is 23.1 Å². The summed E-state index contributed by atoms with van der Waals surface area (Å²) in [6.45, 7) is 10.1. The number of anilines is 1. The van der Waals surface area contributed by atoms with Crippen LogP contribution in [0.25, 0.3) is 0 Å². The maximum absolute atomic E-state index is 14.7. The minimum absolute atomic E-state index is 0.00310. The molecule has 4 atom stereocenters. The Morgan fingerprint density at radius 3 is 2.52 bits per heavy atom. The van der Waals surface area contributed by atoms with Crippen LogP contribution in [-0.4, -0.2) is 46.4 Å². The van der Waals surface area contributed by atoms with Gasteiger partial charge in [0.1, 0.15) is 5.82 Å². The monoisotopic (exact) mass is 459 g/mol. The summed E-state index contributed by atoms with van der Waals surface area (Å²) in [7, 11) is 1.79. The molecule has 33 heavy (non-hydrogen) atoms. The van der Waals surface area contributed by atoms with Crippen LogP contribution in [-0.2, 0) is 4.79 Å². The Morgan fingerprint density at radius 2 is 1.97 bits per heavy atom. The molecule has 4 unspecified atom stereocenters. The minimum atomic E-state index is -0.726. The molecule has 1 aromatic rings. The number of halogens is 1. The highest BCUT2D eigenvalue weighted by Crippen LogP contribution is 2.45. The fourth-order valence-corrected chi connectivity index (χ4v) is 5.80. The number of hydrogen-bond acceptors (Lipinski definition) is 4. The number of aliphatic hydroxyl groups is 1. The van der Waals surface area contributed by atoms with E-state index in [1.807, 2.05) is 32.6 Å². The molecule has 0 aromatic heterocycles. The minimum Gasteiger partial charge on any atom is -0.390 e. The number of benzene rings is 1. The van der Waals surface area contributed by atoms with Crippen molar-refractivity contribution >= 4 is 17.3 Å². The van der Waals surface area contributed by atoms with Crippen molar-refractivity contribution < 1.29 is 14.3 Å². The summed E-state index contributed by atoms with van der Waals surface area (Å²) in [6, 6.07) is 3.18. The molecule has 0 bridgehead atoms. The van der Waals surface area contributed by atoms with Crippen molar-refractivity contribution in [1.29, 1.82) is 5.41 Å². The molecule has 0 saturated heterocycles. The quantitative estimate of drug-likeness (QED) is 0.414. The van der Waals surface area contributed by atoms with Gasteiger partial charge in [-0.1, -0.05) is 20.8 Å². The molecule has 3 N–H and O–H groups in total. The molecule has 0 spiro atoms. The van der Waals surface area contributed by atoms with Crippen LogP contribution in [0.5, 0.6) is 0 Å². The molecule has 1 aromatic carbocycles. The van der Waals surface area contributed by atoms with Gasteiger partial charge < -0.3 is 20.7 Å². The zero-order chi connectivity index (χ0) is 24.5. The molecule has 2 fully saturated rings. The van der Waals surface area contributed by atoms with Gasteiger partial charge in [-0.2, -0.15) is 0 Å². The summed E-state index contributed by atoms with van der Waals surface area (Å²) in [5.41, 5.74) is 1.59. The first-order valence-corrected chi connectivity index (χ1v) is 12.6. The van der Waals surface area contributed by atoms with Crippen molar-refractivity contribution in [3.05, 3.63) is 29.1 Å². The lowest BCUT2D eigenvalue weighted by atomic mass is 9.74. The smallest absolute Gasteiger partial charge is 0.223 e. The standard InChI is InChI=1S/C27H42FN3O2/c1-7-27(33)14-17(4)12-20(15-27)31(16(2)3)23(32)13-18(5)26(29)25-22(30-6)11-10-21(28)24(25)19-8-9-19/h10-11,16-20,29-30,33H,7-9,12-15H2,1-6H3. The van der Waals surface area contributed by atoms with Crippen LogP contribution in [0.4, 0.5) is 10.1 Å². The largest absolute Gasteiger partial charge is 0.390 e. The fraction of sp³-hybridized carbons (Fsp3) is 0.704. The third kappa shape index (κ3) is 5.59. The van der Waals surface area contributed by atoms with Gasteiger partial charge in [-0.15, -0.1) is 0 Å². The van der Waals surface area contributed by atoms with Crippen LogP contribution in [0.2, 0.25) is 0 Å². The second kappa shape index (κ2) is 10.1. The zero-order valence-electron chi connectivity index (χ0n) is 21.2. The number of nitrogens with zero attached hydrogens (tertiary/aromatic N) is 1. The van der Waals surface area contributed by atoms with Gasteiger partial charge in [0.2, 0.25) is 5.91 Å². The SMILES string of the molecule is CCC1(O)CC(C)CC(N(C(=O)CC(C)C(=N)c2c(NC)ccc(F)c2C2CC2)C(C)C)C1. The average molecular weight is 460 g/mol. The predicted molar refractivity (Wildman–Crippen MR) is 133 cm³/mol. The summed E-state index contributed by atoms with van der Waals surface area (Å²) >= 11 is 0. The number of rotatable bonds is 9. The van der Waals surface area contributed by atoms with Crippen molar-refractivity contribution in [2.24, 2.45) is 11.8 Å². The van der Waals surface area contributed by atoms with Crippen molar-refractivity contribution in [1.82, 2.24) is 4.90 Å². The second-order valence-corrected chi connectivity index (χ2v) is 10.8. The third-order valence-corrected chi connectivity index (χ3v) is 7.60. The summed E-state index contributed by atoms with van der Waals surface area (Å²) in [6.07, 6.45) is 5.04. The number of hydrogen-bond donors (Lipinski definition) is 3. The molecule has 2 aliphatic carbocycles. The van der Waals surface area contributed by atoms with E-state index in [9.17, 15) is 14.3 Å². The molecule has 2 saturated carbocycles. The third-order valence-electron chi connectivity index (χ3n) is 7.60. The van der Waals surface area contributed by atoms with Gasteiger partial charge in [0.25, 0.3) is 0 Å². The van der Waals surface area contributed by atoms with E-state index >= 15 is 0 Å². The van der Waals surface area contributed by atoms with E-state index in [-0.39, 0.29) is 42.1 Å². The van der Waals surface area contributed by atoms with E-state index in [1.165, 1.54) is 6.07 Å². The zero-order valence-corrected chi connectivity index (χ0v) is 21.2. The Morgan fingerprint density at radius 1 is 1.30 bits per heavy atom. The van der Waals surface area contributed by atoms with Gasteiger partial charge in [0.05, 0.1) is 5.60 Å². The van der Waals surface area contributed by atoms with Gasteiger partial charge in [-0.25, -0.2) is 4.39 Å². The summed E-state index contributed by atoms with van der Waals surface area (Å²) in [4.78, 5) is 15.5. The van der Waals surface area contributed by atoms with Gasteiger partial charge in [-0.3, -0.25) is 4.79 Å². The molecule has 0 aliphatic heterocycles. The van der Waals surface area contributed by atoms with E-state index < -0.39 is 5.60 Å². The fourth-order valence-electron chi connectivity index (χ4n) is 5.80. The van der Waals surface area contributed by atoms with Crippen molar-refractivity contribution in [2.75, 3.05) is 12.4 Å². The Bertz CT molecular complexity index is 882. The highest BCUT2D eigenvalue weighted by molar-refractivity contribution is 6.07. The van der Waals surface area contributed by atoms with Crippen LogP contribution < -0.4 is 5.32 Å². The highest BCUT2D eigenvalue weighted by atomic mass is 19.1. The van der Waals surface area contributed by atoms with Crippen molar-refractivity contribution in [3.8, 4) is 0 Å². The molecule has 2 aliphatic rings. The van der Waals surface area contributed by atoms with Crippen LogP contribution in [0.1, 0.15) is 96.6 Å². The van der Waals surface area contributed by atoms with Gasteiger partial charge in [-0.05, 0) is 76.3 Å². The molecular weight excluding hydrogens is 417 g/mol. The van der Waals surface area contributed by atoms with E-state index in [0.29, 0.717) is 35.6 Å². The van der Waals surface area contributed by atoms with E-state index in [1.54, 1.807) is 13.1 Å². The molecule has 0 radical (unpaired) electrons. The number of nitrogens with one attached hydrogen (secondary N) is 2. The number of carbonyl (C=O) groups is 1. The Labute approximate surface area is 198 Å². The molecular formula is C27H42FN3O2. The number of amides is 1. The Balaban J connectivity index is 1.82. The van der Waals surface area contributed by atoms with E-state index in [4.69, 9.17) is 5.41 Å². The first kappa shape index (κ1) is 25.7. The lowest BCUT2D eigenvalue weighted by Gasteiger charge is -2.46. The molecule has 184 valence electrons. The molecule has 1 amide bonds. The second-order valence-electron chi connectivity index (χ2n) is 10.8. The predicted octanol–water partition coefficient (Wildman–Crippen LogP) is 5.71. The average Bonchev–Trinajstić information content (AvgIpc) is 3.57. The van der Waals surface area contributed by atoms with Crippen LogP contribution >= 0.6 is 0 Å². The first-order valence-electron chi connectivity index (χ1n) is 12.6. The van der Waals surface area contributed by atoms with Crippen LogP contribution in [0.15, 0.2) is 12.1 Å². The summed E-state index contributed by atoms with van der Waals surface area (Å²) < 4.78 is 14.7. The maximum Gasteiger partial charge on any atom is 0.223 e. The summed E-state index contributed by atoms with van der Waals surface area (Å²) in [5, 5.41) is 23.1. The highest BCUT2D eigenvalue weighted by Gasteiger charge is 2.41. The van der Waals surface area contributed by atoms with Crippen molar-refractivity contribution in [3.63, 3.8) is 0 Å². The first-order chi connectivity index (χ1) is 15.5. The molecule has 0 heterocycles. The summed E-state index contributed by atoms with van der Waals surface area (Å²) in [5.74, 6) is -0.0655. The Hall–Kier alpha value is -1.95. The Kier molecular flexibility index (Phi) is 7.87. The molecule has 3 rings (SSSR count). The molecule has 5 nitrogen and oxygen atoms in total. The number of carbonyl (C=O) groups excluding carboxylic acids is 1. The lowest BCUT2D eigenvalue weighted by molar-refractivity contribution is -0.140. The van der Waals surface area contributed by atoms with E-state index in [0.717, 1.165) is 31.4 Å². The van der Waals surface area contributed by atoms with E-state index in [2.05, 4.69) is 12.2 Å². The maximum atomic E-state index is 14.7. The normalized spacial score (nSPS) is 26.2. The molecule has 6 heteroatoms. The lowest BCUT2D eigenvalue weighted by Crippen LogP contribution is -2.52. The van der Waals surface area contributed by atoms with Crippen LogP contribution in [0.3, 0.4) is 0 Å². The van der Waals surface area contributed by atoms with Gasteiger partial charge in [0.15, 0.2) is 0 Å².